The van der Waals surface area contributed by atoms with Gasteiger partial charge in [0.1, 0.15) is 90.5 Å². The first kappa shape index (κ1) is 38.2. The molecule has 0 radical (unpaired) electrons. The van der Waals surface area contributed by atoms with E-state index in [4.69, 9.17) is 28.4 Å². The van der Waals surface area contributed by atoms with Crippen LogP contribution >= 0.6 is 0 Å². The fraction of sp³-hybridized carbons (Fsp3) is 0.562. The summed E-state index contributed by atoms with van der Waals surface area (Å²) < 4.78 is 33.4. The molecule has 0 aliphatic carbocycles. The summed E-state index contributed by atoms with van der Waals surface area (Å²) >= 11 is 0. The van der Waals surface area contributed by atoms with Gasteiger partial charge in [0.25, 0.3) is 0 Å². The second-order valence-corrected chi connectivity index (χ2v) is 12.1. The standard InChI is InChI=1S/C32H42O18/c33-10-18-21(36)24(39)27(42)30(48-18)45-15-5-3-13(4-6-15)1-2-14-7-16(46-31-28(43)25(40)22(37)19(11-34)49-31)9-17(8-14)47-32-29(44)26(41)23(38)20(12-35)50-32/h1-9,18-44H,10-12H2/b2-1+/t18-,19-,20-,21-,22-,23-,24+,25+,26+,27-,28-,29-,30-,31-,32-/m1/s1. The minimum atomic E-state index is -1.73. The molecule has 2 aromatic rings. The first-order valence-electron chi connectivity index (χ1n) is 15.7. The lowest BCUT2D eigenvalue weighted by Crippen LogP contribution is -2.60. The van der Waals surface area contributed by atoms with Gasteiger partial charge >= 0.3 is 0 Å². The van der Waals surface area contributed by atoms with Gasteiger partial charge in [0.2, 0.25) is 18.9 Å². The molecule has 18 heteroatoms. The van der Waals surface area contributed by atoms with Crippen molar-refractivity contribution in [2.45, 2.75) is 92.1 Å². The first-order chi connectivity index (χ1) is 23.8. The fourth-order valence-corrected chi connectivity index (χ4v) is 5.57. The van der Waals surface area contributed by atoms with Crippen LogP contribution in [-0.4, -0.2) is 173 Å². The van der Waals surface area contributed by atoms with E-state index in [2.05, 4.69) is 0 Å². The topological polar surface area (TPSA) is 298 Å². The van der Waals surface area contributed by atoms with Gasteiger partial charge in [0.15, 0.2) is 0 Å². The van der Waals surface area contributed by atoms with Gasteiger partial charge < -0.3 is 89.7 Å². The smallest absolute Gasteiger partial charge is 0.229 e. The summed E-state index contributed by atoms with van der Waals surface area (Å²) in [6.45, 7) is -1.99. The van der Waals surface area contributed by atoms with Gasteiger partial charge in [-0.25, -0.2) is 0 Å². The van der Waals surface area contributed by atoms with E-state index in [1.54, 1.807) is 24.3 Å². The highest BCUT2D eigenvalue weighted by Crippen LogP contribution is 2.32. The third-order valence-electron chi connectivity index (χ3n) is 8.55. The Balaban J connectivity index is 1.36. The molecule has 2 aromatic carbocycles. The number of aliphatic hydroxyl groups excluding tert-OH is 12. The van der Waals surface area contributed by atoms with Crippen LogP contribution in [-0.2, 0) is 14.2 Å². The molecule has 0 amide bonds. The van der Waals surface area contributed by atoms with Crippen molar-refractivity contribution in [2.24, 2.45) is 0 Å². The van der Waals surface area contributed by atoms with E-state index >= 15 is 0 Å². The number of aliphatic hydroxyl groups is 12. The Hall–Kier alpha value is -3.02. The molecule has 3 fully saturated rings. The highest BCUT2D eigenvalue weighted by molar-refractivity contribution is 5.71. The molecule has 3 aliphatic rings. The molecule has 0 unspecified atom stereocenters. The van der Waals surface area contributed by atoms with Gasteiger partial charge in [0.05, 0.1) is 19.8 Å². The maximum atomic E-state index is 10.5. The minimum absolute atomic E-state index is 0.0145. The maximum absolute atomic E-state index is 10.5. The second-order valence-electron chi connectivity index (χ2n) is 12.1. The number of ether oxygens (including phenoxy) is 6. The minimum Gasteiger partial charge on any atom is -0.462 e. The molecule has 18 nitrogen and oxygen atoms in total. The quantitative estimate of drug-likeness (QED) is 0.0975. The zero-order chi connectivity index (χ0) is 36.3. The molecule has 0 bridgehead atoms. The SMILES string of the molecule is OC[C@H]1O[C@@H](Oc2ccc(/C=C/c3cc(O[C@@H]4O[C@H](CO)[C@@H](O)[C@H](O)[C@H]4O)cc(O[C@@H]4O[C@H](CO)[C@@H](O)[C@H](O)[C@H]4O)c3)cc2)[C@H](O)[C@@H](O)[C@@H]1O. The largest absolute Gasteiger partial charge is 0.462 e. The Morgan fingerprint density at radius 2 is 0.760 bits per heavy atom. The van der Waals surface area contributed by atoms with Gasteiger partial charge in [-0.1, -0.05) is 24.3 Å². The number of rotatable bonds is 11. The van der Waals surface area contributed by atoms with Crippen molar-refractivity contribution in [2.75, 3.05) is 19.8 Å². The Kier molecular flexibility index (Phi) is 12.6. The van der Waals surface area contributed by atoms with Crippen molar-refractivity contribution in [3.05, 3.63) is 53.6 Å². The van der Waals surface area contributed by atoms with E-state index in [1.165, 1.54) is 30.3 Å². The molecule has 50 heavy (non-hydrogen) atoms. The summed E-state index contributed by atoms with van der Waals surface area (Å²) in [5.41, 5.74) is 1.02. The summed E-state index contributed by atoms with van der Waals surface area (Å²) in [5, 5.41) is 120. The fourth-order valence-electron chi connectivity index (χ4n) is 5.57. The molecule has 12 N–H and O–H groups in total. The molecule has 3 heterocycles. The first-order valence-corrected chi connectivity index (χ1v) is 15.7. The van der Waals surface area contributed by atoms with Crippen molar-refractivity contribution in [1.29, 1.82) is 0 Å². The predicted octanol–water partition coefficient (Wildman–Crippen LogP) is -4.61. The van der Waals surface area contributed by atoms with Crippen LogP contribution in [0.1, 0.15) is 11.1 Å². The molecule has 278 valence electrons. The monoisotopic (exact) mass is 714 g/mol. The summed E-state index contributed by atoms with van der Waals surface area (Å²) in [5.74, 6) is 0.204. The van der Waals surface area contributed by atoms with Crippen molar-refractivity contribution < 1.29 is 89.7 Å². The second kappa shape index (κ2) is 16.5. The Labute approximate surface area is 284 Å². The lowest BCUT2D eigenvalue weighted by atomic mass is 9.99. The van der Waals surface area contributed by atoms with Gasteiger partial charge in [-0.2, -0.15) is 0 Å². The van der Waals surface area contributed by atoms with Crippen LogP contribution in [0.25, 0.3) is 12.2 Å². The zero-order valence-corrected chi connectivity index (χ0v) is 26.3. The van der Waals surface area contributed by atoms with E-state index in [0.717, 1.165) is 0 Å². The normalized spacial score (nSPS) is 39.3. The van der Waals surface area contributed by atoms with Gasteiger partial charge in [0, 0.05) is 6.07 Å². The van der Waals surface area contributed by atoms with Crippen LogP contribution in [0, 0.1) is 0 Å². The average molecular weight is 715 g/mol. The summed E-state index contributed by atoms with van der Waals surface area (Å²) in [6.07, 6.45) is -19.7. The van der Waals surface area contributed by atoms with E-state index in [1.807, 2.05) is 0 Å². The average Bonchev–Trinajstić information content (AvgIpc) is 3.11. The molecular weight excluding hydrogens is 672 g/mol. The number of hydrogen-bond donors (Lipinski definition) is 12. The lowest BCUT2D eigenvalue weighted by molar-refractivity contribution is -0.278. The van der Waals surface area contributed by atoms with Crippen LogP contribution in [0.15, 0.2) is 42.5 Å². The van der Waals surface area contributed by atoms with Crippen LogP contribution in [0.2, 0.25) is 0 Å². The molecular formula is C32H42O18. The molecule has 3 saturated heterocycles. The van der Waals surface area contributed by atoms with Crippen molar-refractivity contribution in [3.8, 4) is 17.2 Å². The van der Waals surface area contributed by atoms with Gasteiger partial charge in [-0.05, 0) is 35.4 Å². The highest BCUT2D eigenvalue weighted by Gasteiger charge is 2.47. The molecule has 3 aliphatic heterocycles. The van der Waals surface area contributed by atoms with E-state index in [9.17, 15) is 61.3 Å². The summed E-state index contributed by atoms with van der Waals surface area (Å²) in [4.78, 5) is 0. The summed E-state index contributed by atoms with van der Waals surface area (Å²) in [7, 11) is 0. The van der Waals surface area contributed by atoms with Gasteiger partial charge in [-0.3, -0.25) is 0 Å². The third-order valence-corrected chi connectivity index (χ3v) is 8.55. The van der Waals surface area contributed by atoms with Crippen LogP contribution in [0.3, 0.4) is 0 Å². The van der Waals surface area contributed by atoms with E-state index < -0.39 is 112 Å². The highest BCUT2D eigenvalue weighted by atomic mass is 16.7. The van der Waals surface area contributed by atoms with Crippen molar-refractivity contribution in [1.82, 2.24) is 0 Å². The number of hydrogen-bond acceptors (Lipinski definition) is 18. The zero-order valence-electron chi connectivity index (χ0n) is 26.3. The number of benzene rings is 2. The molecule has 15 atom stereocenters. The molecule has 5 rings (SSSR count). The van der Waals surface area contributed by atoms with Crippen LogP contribution in [0.5, 0.6) is 17.2 Å². The van der Waals surface area contributed by atoms with Crippen LogP contribution < -0.4 is 14.2 Å². The van der Waals surface area contributed by atoms with Crippen molar-refractivity contribution in [3.63, 3.8) is 0 Å². The molecule has 0 aromatic heterocycles. The maximum Gasteiger partial charge on any atom is 0.229 e. The Morgan fingerprint density at radius 3 is 1.12 bits per heavy atom. The Morgan fingerprint density at radius 1 is 0.420 bits per heavy atom. The molecule has 0 spiro atoms. The summed E-state index contributed by atoms with van der Waals surface area (Å²) in [6, 6.07) is 10.6. The molecule has 0 saturated carbocycles. The van der Waals surface area contributed by atoms with E-state index in [-0.39, 0.29) is 17.2 Å². The predicted molar refractivity (Wildman–Crippen MR) is 165 cm³/mol. The third kappa shape index (κ3) is 8.37. The van der Waals surface area contributed by atoms with E-state index in [0.29, 0.717) is 11.1 Å². The van der Waals surface area contributed by atoms with Gasteiger partial charge in [-0.15, -0.1) is 0 Å². The van der Waals surface area contributed by atoms with Crippen molar-refractivity contribution >= 4 is 12.2 Å². The Bertz CT molecular complexity index is 1350. The lowest BCUT2D eigenvalue weighted by Gasteiger charge is -2.40. The van der Waals surface area contributed by atoms with Crippen LogP contribution in [0.4, 0.5) is 0 Å².